The molecule has 0 fully saturated rings. The lowest BCUT2D eigenvalue weighted by Crippen LogP contribution is -2.38. The van der Waals surface area contributed by atoms with Crippen molar-refractivity contribution in [1.82, 2.24) is 0 Å². The van der Waals surface area contributed by atoms with Crippen LogP contribution in [0.2, 0.25) is 0 Å². The maximum Gasteiger partial charge on any atom is 0.143 e. The number of hydrogen-bond acceptors (Lipinski definition) is 2. The average molecular weight is 230 g/mol. The molecule has 0 aliphatic carbocycles. The first-order valence-corrected chi connectivity index (χ1v) is 5.64. The Morgan fingerprint density at radius 1 is 1.18 bits per heavy atom. The maximum atomic E-state index is 11.8. The highest BCUT2D eigenvalue weighted by molar-refractivity contribution is 6.06. The van der Waals surface area contributed by atoms with Gasteiger partial charge in [-0.15, -0.1) is 6.58 Å². The second kappa shape index (κ2) is 5.09. The van der Waals surface area contributed by atoms with Crippen molar-refractivity contribution in [3.05, 3.63) is 48.6 Å². The summed E-state index contributed by atoms with van der Waals surface area (Å²) in [4.78, 5) is 23.6. The van der Waals surface area contributed by atoms with Gasteiger partial charge in [0, 0.05) is 5.92 Å². The molecule has 0 radical (unpaired) electrons. The largest absolute Gasteiger partial charge is 0.299 e. The SMILES string of the molecule is C=C[C@H](c1ccccc1)C(C)(C(C)=O)C(C)=O. The third-order valence-electron chi connectivity index (χ3n) is 3.48. The topological polar surface area (TPSA) is 34.1 Å². The molecule has 0 aliphatic rings. The standard InChI is InChI=1S/C15H18O2/c1-5-14(13-9-7-6-8-10-13)15(4,11(2)16)12(3)17/h5-10,14H,1H2,2-4H3/t14-/m1/s1. The number of benzene rings is 1. The molecule has 1 aromatic carbocycles. The van der Waals surface area contributed by atoms with E-state index in [9.17, 15) is 9.59 Å². The van der Waals surface area contributed by atoms with Gasteiger partial charge in [0.05, 0.1) is 5.41 Å². The van der Waals surface area contributed by atoms with E-state index in [1.165, 1.54) is 13.8 Å². The average Bonchev–Trinajstić information content (AvgIpc) is 2.30. The fourth-order valence-electron chi connectivity index (χ4n) is 2.05. The van der Waals surface area contributed by atoms with E-state index in [4.69, 9.17) is 0 Å². The first-order chi connectivity index (χ1) is 7.94. The molecular weight excluding hydrogens is 212 g/mol. The van der Waals surface area contributed by atoms with Gasteiger partial charge in [0.2, 0.25) is 0 Å². The van der Waals surface area contributed by atoms with E-state index in [0.29, 0.717) is 0 Å². The van der Waals surface area contributed by atoms with Gasteiger partial charge in [-0.25, -0.2) is 0 Å². The minimum absolute atomic E-state index is 0.126. The molecule has 90 valence electrons. The third kappa shape index (κ3) is 2.36. The normalized spacial score (nSPS) is 12.9. The second-order valence-corrected chi connectivity index (χ2v) is 4.44. The molecule has 0 spiro atoms. The summed E-state index contributed by atoms with van der Waals surface area (Å²) < 4.78 is 0. The molecule has 17 heavy (non-hydrogen) atoms. The fourth-order valence-corrected chi connectivity index (χ4v) is 2.05. The molecule has 0 bridgehead atoms. The molecule has 1 rings (SSSR count). The van der Waals surface area contributed by atoms with Crippen molar-refractivity contribution in [3.63, 3.8) is 0 Å². The summed E-state index contributed by atoms with van der Waals surface area (Å²) in [7, 11) is 0. The zero-order valence-electron chi connectivity index (χ0n) is 10.6. The van der Waals surface area contributed by atoms with Crippen LogP contribution in [0.5, 0.6) is 0 Å². The quantitative estimate of drug-likeness (QED) is 0.575. The van der Waals surface area contributed by atoms with Gasteiger partial charge >= 0.3 is 0 Å². The fraction of sp³-hybridized carbons (Fsp3) is 0.333. The summed E-state index contributed by atoms with van der Waals surface area (Å²) >= 11 is 0. The molecule has 2 nitrogen and oxygen atoms in total. The zero-order valence-corrected chi connectivity index (χ0v) is 10.6. The molecule has 2 heteroatoms. The first-order valence-electron chi connectivity index (χ1n) is 5.64. The smallest absolute Gasteiger partial charge is 0.143 e. The van der Waals surface area contributed by atoms with Crippen LogP contribution in [-0.4, -0.2) is 11.6 Å². The molecule has 1 aromatic rings. The van der Waals surface area contributed by atoms with Crippen LogP contribution >= 0.6 is 0 Å². The van der Waals surface area contributed by atoms with E-state index < -0.39 is 5.41 Å². The molecule has 0 saturated carbocycles. The van der Waals surface area contributed by atoms with Crippen LogP contribution in [0, 0.1) is 5.41 Å². The third-order valence-corrected chi connectivity index (χ3v) is 3.48. The summed E-state index contributed by atoms with van der Waals surface area (Å²) in [5.74, 6) is -0.531. The van der Waals surface area contributed by atoms with Crippen molar-refractivity contribution in [2.45, 2.75) is 26.7 Å². The Morgan fingerprint density at radius 2 is 1.65 bits per heavy atom. The molecule has 0 amide bonds. The van der Waals surface area contributed by atoms with Crippen molar-refractivity contribution in [2.24, 2.45) is 5.41 Å². The number of rotatable bonds is 5. The molecule has 0 heterocycles. The molecule has 0 aliphatic heterocycles. The predicted molar refractivity (Wildman–Crippen MR) is 68.8 cm³/mol. The van der Waals surface area contributed by atoms with E-state index in [0.717, 1.165) is 5.56 Å². The highest BCUT2D eigenvalue weighted by atomic mass is 16.2. The monoisotopic (exact) mass is 230 g/mol. The number of carbonyl (C=O) groups excluding carboxylic acids is 2. The molecular formula is C15H18O2. The summed E-state index contributed by atoms with van der Waals surface area (Å²) in [6.07, 6.45) is 1.68. The number of Topliss-reactive ketones (excluding diaryl/α,β-unsaturated/α-hetero) is 2. The van der Waals surface area contributed by atoms with Gasteiger partial charge in [-0.05, 0) is 26.3 Å². The van der Waals surface area contributed by atoms with E-state index in [1.807, 2.05) is 30.3 Å². The number of allylic oxidation sites excluding steroid dienone is 1. The van der Waals surface area contributed by atoms with Crippen LogP contribution in [0.3, 0.4) is 0 Å². The van der Waals surface area contributed by atoms with Crippen molar-refractivity contribution in [2.75, 3.05) is 0 Å². The highest BCUT2D eigenvalue weighted by Crippen LogP contribution is 2.38. The summed E-state index contributed by atoms with van der Waals surface area (Å²) in [6, 6.07) is 9.52. The molecule has 1 atom stereocenters. The Bertz CT molecular complexity index is 417. The van der Waals surface area contributed by atoms with Gasteiger partial charge in [0.1, 0.15) is 11.6 Å². The van der Waals surface area contributed by atoms with Crippen LogP contribution in [0.15, 0.2) is 43.0 Å². The lowest BCUT2D eigenvalue weighted by Gasteiger charge is -2.31. The van der Waals surface area contributed by atoms with Crippen molar-refractivity contribution in [3.8, 4) is 0 Å². The van der Waals surface area contributed by atoms with Crippen LogP contribution in [-0.2, 0) is 9.59 Å². The van der Waals surface area contributed by atoms with E-state index >= 15 is 0 Å². The summed E-state index contributed by atoms with van der Waals surface area (Å²) in [5, 5.41) is 0. The Morgan fingerprint density at radius 3 is 2.00 bits per heavy atom. The molecule has 0 unspecified atom stereocenters. The molecule has 0 saturated heterocycles. The van der Waals surface area contributed by atoms with Gasteiger partial charge in [0.15, 0.2) is 0 Å². The van der Waals surface area contributed by atoms with Crippen LogP contribution < -0.4 is 0 Å². The predicted octanol–water partition coefficient (Wildman–Crippen LogP) is 3.14. The maximum absolute atomic E-state index is 11.8. The molecule has 0 aromatic heterocycles. The first kappa shape index (κ1) is 13.4. The Hall–Kier alpha value is -1.70. The summed E-state index contributed by atoms with van der Waals surface area (Å²) in [5.41, 5.74) is -0.0845. The van der Waals surface area contributed by atoms with Gasteiger partial charge in [0.25, 0.3) is 0 Å². The van der Waals surface area contributed by atoms with Crippen LogP contribution in [0.25, 0.3) is 0 Å². The van der Waals surface area contributed by atoms with E-state index in [-0.39, 0.29) is 17.5 Å². The van der Waals surface area contributed by atoms with Crippen LogP contribution in [0.1, 0.15) is 32.3 Å². The Kier molecular flexibility index (Phi) is 4.00. The lowest BCUT2D eigenvalue weighted by atomic mass is 9.68. The number of ketones is 2. The lowest BCUT2D eigenvalue weighted by molar-refractivity contribution is -0.138. The van der Waals surface area contributed by atoms with E-state index in [2.05, 4.69) is 6.58 Å². The van der Waals surface area contributed by atoms with Gasteiger partial charge in [-0.2, -0.15) is 0 Å². The van der Waals surface area contributed by atoms with Gasteiger partial charge < -0.3 is 0 Å². The van der Waals surface area contributed by atoms with Gasteiger partial charge in [-0.1, -0.05) is 36.4 Å². The van der Waals surface area contributed by atoms with E-state index in [1.54, 1.807) is 13.0 Å². The van der Waals surface area contributed by atoms with Crippen molar-refractivity contribution >= 4 is 11.6 Å². The second-order valence-electron chi connectivity index (χ2n) is 4.44. The Labute approximate surface area is 102 Å². The molecule has 0 N–H and O–H groups in total. The minimum atomic E-state index is -1.02. The highest BCUT2D eigenvalue weighted by Gasteiger charge is 2.42. The number of hydrogen-bond donors (Lipinski definition) is 0. The van der Waals surface area contributed by atoms with Crippen LogP contribution in [0.4, 0.5) is 0 Å². The zero-order chi connectivity index (χ0) is 13.1. The Balaban J connectivity index is 3.30. The van der Waals surface area contributed by atoms with Gasteiger partial charge in [-0.3, -0.25) is 9.59 Å². The van der Waals surface area contributed by atoms with Crippen molar-refractivity contribution < 1.29 is 9.59 Å². The minimum Gasteiger partial charge on any atom is -0.299 e. The summed E-state index contributed by atoms with van der Waals surface area (Å²) in [6.45, 7) is 8.37. The van der Waals surface area contributed by atoms with Crippen molar-refractivity contribution in [1.29, 1.82) is 0 Å². The number of carbonyl (C=O) groups is 2.